The van der Waals surface area contributed by atoms with Crippen LogP contribution in [0.25, 0.3) is 0 Å². The quantitative estimate of drug-likeness (QED) is 0.779. The van der Waals surface area contributed by atoms with E-state index in [1.165, 1.54) is 0 Å². The monoisotopic (exact) mass is 257 g/mol. The molecule has 1 aliphatic heterocycles. The molecule has 17 heavy (non-hydrogen) atoms. The van der Waals surface area contributed by atoms with Crippen LogP contribution < -0.4 is 0 Å². The SMILES string of the molecule is CC(C)Cn1c(CCl)nnc1C1CCOC1C. The highest BCUT2D eigenvalue weighted by atomic mass is 35.5. The standard InChI is InChI=1S/C12H20ClN3O/c1-8(2)7-16-11(6-13)14-15-12(16)10-4-5-17-9(10)3/h8-10H,4-7H2,1-3H3. The first-order chi connectivity index (χ1) is 8.13. The fraction of sp³-hybridized carbons (Fsp3) is 0.833. The first kappa shape index (κ1) is 12.8. The molecular formula is C12H20ClN3O. The third-order valence-electron chi connectivity index (χ3n) is 3.23. The molecule has 96 valence electrons. The van der Waals surface area contributed by atoms with Crippen LogP contribution in [0, 0.1) is 5.92 Å². The smallest absolute Gasteiger partial charge is 0.147 e. The van der Waals surface area contributed by atoms with Gasteiger partial charge in [-0.1, -0.05) is 13.8 Å². The van der Waals surface area contributed by atoms with Crippen molar-refractivity contribution in [2.45, 2.75) is 51.6 Å². The molecule has 1 aromatic rings. The van der Waals surface area contributed by atoms with Gasteiger partial charge in [0.25, 0.3) is 0 Å². The summed E-state index contributed by atoms with van der Waals surface area (Å²) in [6.45, 7) is 8.23. The normalized spacial score (nSPS) is 24.8. The van der Waals surface area contributed by atoms with Gasteiger partial charge in [0.1, 0.15) is 11.6 Å². The molecule has 0 spiro atoms. The Hall–Kier alpha value is -0.610. The van der Waals surface area contributed by atoms with Gasteiger partial charge in [0.15, 0.2) is 0 Å². The summed E-state index contributed by atoms with van der Waals surface area (Å²) < 4.78 is 7.78. The van der Waals surface area contributed by atoms with E-state index in [9.17, 15) is 0 Å². The van der Waals surface area contributed by atoms with Crippen LogP contribution in [0.15, 0.2) is 0 Å². The van der Waals surface area contributed by atoms with E-state index >= 15 is 0 Å². The number of hydrogen-bond acceptors (Lipinski definition) is 3. The summed E-state index contributed by atoms with van der Waals surface area (Å²) in [6, 6.07) is 0. The minimum Gasteiger partial charge on any atom is -0.378 e. The van der Waals surface area contributed by atoms with Gasteiger partial charge in [-0.25, -0.2) is 0 Å². The Balaban J connectivity index is 2.29. The highest BCUT2D eigenvalue weighted by Crippen LogP contribution is 2.30. The van der Waals surface area contributed by atoms with Gasteiger partial charge in [0.2, 0.25) is 0 Å². The van der Waals surface area contributed by atoms with E-state index in [4.69, 9.17) is 16.3 Å². The predicted octanol–water partition coefficient (Wildman–Crippen LogP) is 2.57. The van der Waals surface area contributed by atoms with Crippen molar-refractivity contribution in [1.82, 2.24) is 14.8 Å². The number of hydrogen-bond donors (Lipinski definition) is 0. The van der Waals surface area contributed by atoms with Crippen LogP contribution in [0.2, 0.25) is 0 Å². The van der Waals surface area contributed by atoms with Crippen LogP contribution in [0.4, 0.5) is 0 Å². The highest BCUT2D eigenvalue weighted by molar-refractivity contribution is 6.16. The van der Waals surface area contributed by atoms with Gasteiger partial charge in [-0.2, -0.15) is 0 Å². The Labute approximate surface area is 107 Å². The van der Waals surface area contributed by atoms with E-state index in [0.717, 1.165) is 31.2 Å². The molecule has 1 saturated heterocycles. The second-order valence-corrected chi connectivity index (χ2v) is 5.35. The maximum Gasteiger partial charge on any atom is 0.147 e. The van der Waals surface area contributed by atoms with E-state index in [1.54, 1.807) is 0 Å². The number of aromatic nitrogens is 3. The van der Waals surface area contributed by atoms with E-state index in [2.05, 4.69) is 35.5 Å². The molecule has 1 fully saturated rings. The third kappa shape index (κ3) is 2.63. The second-order valence-electron chi connectivity index (χ2n) is 5.08. The molecule has 0 aliphatic carbocycles. The summed E-state index contributed by atoms with van der Waals surface area (Å²) in [5.74, 6) is 3.25. The van der Waals surface area contributed by atoms with Crippen LogP contribution in [0.1, 0.15) is 44.8 Å². The zero-order valence-corrected chi connectivity index (χ0v) is 11.4. The second kappa shape index (κ2) is 5.36. The maximum atomic E-state index is 5.92. The summed E-state index contributed by atoms with van der Waals surface area (Å²) >= 11 is 5.92. The van der Waals surface area contributed by atoms with Crippen LogP contribution in [-0.2, 0) is 17.2 Å². The number of rotatable bonds is 4. The summed E-state index contributed by atoms with van der Waals surface area (Å²) in [4.78, 5) is 0. The van der Waals surface area contributed by atoms with Crippen molar-refractivity contribution in [3.63, 3.8) is 0 Å². The Kier molecular flexibility index (Phi) is 4.05. The van der Waals surface area contributed by atoms with Crippen molar-refractivity contribution >= 4 is 11.6 Å². The average Bonchev–Trinajstić information content (AvgIpc) is 2.84. The molecule has 0 saturated carbocycles. The van der Waals surface area contributed by atoms with Crippen molar-refractivity contribution in [2.75, 3.05) is 6.61 Å². The maximum absolute atomic E-state index is 5.92. The van der Waals surface area contributed by atoms with Gasteiger partial charge in [-0.15, -0.1) is 21.8 Å². The molecule has 0 bridgehead atoms. The molecule has 0 amide bonds. The Morgan fingerprint density at radius 2 is 2.24 bits per heavy atom. The van der Waals surface area contributed by atoms with E-state index in [0.29, 0.717) is 17.7 Å². The number of halogens is 1. The molecule has 1 aromatic heterocycles. The minimum atomic E-state index is 0.230. The van der Waals surface area contributed by atoms with Crippen LogP contribution in [0.5, 0.6) is 0 Å². The highest BCUT2D eigenvalue weighted by Gasteiger charge is 2.31. The molecule has 2 rings (SSSR count). The molecule has 0 aromatic carbocycles. The fourth-order valence-electron chi connectivity index (χ4n) is 2.36. The van der Waals surface area contributed by atoms with Gasteiger partial charge in [-0.3, -0.25) is 0 Å². The lowest BCUT2D eigenvalue weighted by Crippen LogP contribution is -2.18. The summed E-state index contributed by atoms with van der Waals surface area (Å²) in [6.07, 6.45) is 1.26. The van der Waals surface area contributed by atoms with Crippen LogP contribution >= 0.6 is 11.6 Å². The van der Waals surface area contributed by atoms with E-state index in [1.807, 2.05) is 0 Å². The molecular weight excluding hydrogens is 238 g/mol. The Morgan fingerprint density at radius 3 is 2.76 bits per heavy atom. The van der Waals surface area contributed by atoms with Gasteiger partial charge in [0, 0.05) is 19.1 Å². The third-order valence-corrected chi connectivity index (χ3v) is 3.47. The van der Waals surface area contributed by atoms with Crippen molar-refractivity contribution in [3.8, 4) is 0 Å². The van der Waals surface area contributed by atoms with Gasteiger partial charge in [-0.05, 0) is 19.3 Å². The lowest BCUT2D eigenvalue weighted by Gasteiger charge is -2.17. The molecule has 0 radical (unpaired) electrons. The molecule has 2 atom stereocenters. The minimum absolute atomic E-state index is 0.230. The van der Waals surface area contributed by atoms with Crippen molar-refractivity contribution in [2.24, 2.45) is 5.92 Å². The van der Waals surface area contributed by atoms with E-state index < -0.39 is 0 Å². The van der Waals surface area contributed by atoms with Gasteiger partial charge in [0.05, 0.1) is 12.0 Å². The zero-order chi connectivity index (χ0) is 12.4. The lowest BCUT2D eigenvalue weighted by atomic mass is 10.0. The molecule has 2 heterocycles. The molecule has 4 nitrogen and oxygen atoms in total. The van der Waals surface area contributed by atoms with Gasteiger partial charge >= 0.3 is 0 Å². The zero-order valence-electron chi connectivity index (χ0n) is 10.7. The molecule has 5 heteroatoms. The van der Waals surface area contributed by atoms with E-state index in [-0.39, 0.29) is 6.10 Å². The number of alkyl halides is 1. The van der Waals surface area contributed by atoms with Crippen molar-refractivity contribution in [1.29, 1.82) is 0 Å². The first-order valence-electron chi connectivity index (χ1n) is 6.23. The Bertz CT molecular complexity index is 378. The summed E-state index contributed by atoms with van der Waals surface area (Å²) in [5.41, 5.74) is 0. The van der Waals surface area contributed by atoms with Crippen molar-refractivity contribution < 1.29 is 4.74 Å². The summed E-state index contributed by atoms with van der Waals surface area (Å²) in [5, 5.41) is 8.51. The predicted molar refractivity (Wildman–Crippen MR) is 67.2 cm³/mol. The topological polar surface area (TPSA) is 39.9 Å². The first-order valence-corrected chi connectivity index (χ1v) is 6.76. The average molecular weight is 258 g/mol. The summed E-state index contributed by atoms with van der Waals surface area (Å²) in [7, 11) is 0. The van der Waals surface area contributed by atoms with Crippen LogP contribution in [0.3, 0.4) is 0 Å². The molecule has 2 unspecified atom stereocenters. The molecule has 0 N–H and O–H groups in total. The van der Waals surface area contributed by atoms with Crippen molar-refractivity contribution in [3.05, 3.63) is 11.6 Å². The lowest BCUT2D eigenvalue weighted by molar-refractivity contribution is 0.116. The Morgan fingerprint density at radius 1 is 1.47 bits per heavy atom. The molecule has 1 aliphatic rings. The fourth-order valence-corrected chi connectivity index (χ4v) is 2.55. The van der Waals surface area contributed by atoms with Crippen LogP contribution in [-0.4, -0.2) is 27.5 Å². The number of nitrogens with zero attached hydrogens (tertiary/aromatic N) is 3. The largest absolute Gasteiger partial charge is 0.378 e. The number of ether oxygens (including phenoxy) is 1. The van der Waals surface area contributed by atoms with Gasteiger partial charge < -0.3 is 9.30 Å².